The Bertz CT molecular complexity index is 843. The van der Waals surface area contributed by atoms with Crippen molar-refractivity contribution in [2.75, 3.05) is 44.7 Å². The summed E-state index contributed by atoms with van der Waals surface area (Å²) >= 11 is 0. The topological polar surface area (TPSA) is 75.0 Å². The van der Waals surface area contributed by atoms with Crippen molar-refractivity contribution in [3.05, 3.63) is 42.2 Å². The first kappa shape index (κ1) is 20.7. The molecule has 2 aromatic rings. The van der Waals surface area contributed by atoms with Gasteiger partial charge in [-0.25, -0.2) is 0 Å². The number of anilines is 1. The third-order valence-corrected chi connectivity index (χ3v) is 4.94. The summed E-state index contributed by atoms with van der Waals surface area (Å²) < 4.78 is 7.50. The molecule has 1 aliphatic heterocycles. The van der Waals surface area contributed by atoms with Crippen molar-refractivity contribution >= 4 is 17.6 Å². The van der Waals surface area contributed by atoms with Gasteiger partial charge < -0.3 is 19.9 Å². The lowest BCUT2D eigenvalue weighted by Gasteiger charge is -2.35. The number of nitrogens with zero attached hydrogens (tertiary/aromatic N) is 5. The van der Waals surface area contributed by atoms with Gasteiger partial charge in [-0.15, -0.1) is 0 Å². The number of carbonyl (C=O) groups excluding carboxylic acids is 1. The Kier molecular flexibility index (Phi) is 6.74. The van der Waals surface area contributed by atoms with E-state index in [9.17, 15) is 4.79 Å². The molecule has 1 amide bonds. The zero-order valence-electron chi connectivity index (χ0n) is 17.6. The highest BCUT2D eigenvalue weighted by Gasteiger charge is 2.27. The van der Waals surface area contributed by atoms with Gasteiger partial charge in [0.2, 0.25) is 5.91 Å². The number of hydrogen-bond donors (Lipinski definition) is 1. The number of nitrogens with one attached hydrogen (secondary N) is 1. The van der Waals surface area contributed by atoms with Crippen molar-refractivity contribution in [3.8, 4) is 5.75 Å². The number of aryl methyl sites for hydroxylation is 1. The van der Waals surface area contributed by atoms with Crippen molar-refractivity contribution in [1.29, 1.82) is 0 Å². The van der Waals surface area contributed by atoms with Gasteiger partial charge in [-0.05, 0) is 23.6 Å². The molecule has 0 aliphatic carbocycles. The molecule has 0 atom stereocenters. The molecule has 1 saturated heterocycles. The fourth-order valence-corrected chi connectivity index (χ4v) is 3.29. The monoisotopic (exact) mass is 398 g/mol. The number of amides is 1. The van der Waals surface area contributed by atoms with E-state index in [2.05, 4.69) is 41.4 Å². The fourth-order valence-electron chi connectivity index (χ4n) is 3.29. The molecular weight excluding hydrogens is 368 g/mol. The Labute approximate surface area is 172 Å². The first-order chi connectivity index (χ1) is 14.0. The Morgan fingerprint density at radius 3 is 2.62 bits per heavy atom. The molecule has 1 aromatic heterocycles. The van der Waals surface area contributed by atoms with Crippen LogP contribution in [0.25, 0.3) is 0 Å². The maximum absolute atomic E-state index is 12.6. The van der Waals surface area contributed by atoms with Crippen LogP contribution in [0.4, 0.5) is 5.69 Å². The van der Waals surface area contributed by atoms with Crippen LogP contribution in [-0.2, 0) is 11.8 Å². The van der Waals surface area contributed by atoms with Crippen LogP contribution in [0.5, 0.6) is 5.75 Å². The van der Waals surface area contributed by atoms with Crippen LogP contribution in [0, 0.1) is 0 Å². The van der Waals surface area contributed by atoms with Gasteiger partial charge in [-0.1, -0.05) is 26.0 Å². The zero-order valence-corrected chi connectivity index (χ0v) is 17.6. The molecule has 0 saturated carbocycles. The van der Waals surface area contributed by atoms with Crippen LogP contribution < -0.4 is 15.0 Å². The standard InChI is InChI=1S/C21H30N6O2/c1-16(2)17-5-7-19(8-6-17)29-12-9-23-21(22-3)26-10-11-27(20(28)15-26)18-13-24-25(4)14-18/h5-8,13-14,16H,9-12,15H2,1-4H3,(H,22,23). The van der Waals surface area contributed by atoms with Crippen molar-refractivity contribution in [2.24, 2.45) is 12.0 Å². The summed E-state index contributed by atoms with van der Waals surface area (Å²) in [5.41, 5.74) is 2.13. The maximum atomic E-state index is 12.6. The van der Waals surface area contributed by atoms with E-state index in [1.54, 1.807) is 22.8 Å². The van der Waals surface area contributed by atoms with Crippen molar-refractivity contribution in [3.63, 3.8) is 0 Å². The molecule has 0 unspecified atom stereocenters. The number of piperazine rings is 1. The summed E-state index contributed by atoms with van der Waals surface area (Å²) in [5.74, 6) is 2.11. The van der Waals surface area contributed by atoms with Gasteiger partial charge in [0.25, 0.3) is 0 Å². The molecule has 156 valence electrons. The normalized spacial score (nSPS) is 15.2. The number of carbonyl (C=O) groups is 1. The molecule has 1 aliphatic rings. The Morgan fingerprint density at radius 1 is 1.28 bits per heavy atom. The summed E-state index contributed by atoms with van der Waals surface area (Å²) in [7, 11) is 3.57. The van der Waals surface area contributed by atoms with Crippen LogP contribution in [0.3, 0.4) is 0 Å². The van der Waals surface area contributed by atoms with Crippen LogP contribution in [0.15, 0.2) is 41.7 Å². The summed E-state index contributed by atoms with van der Waals surface area (Å²) in [5, 5.41) is 7.43. The van der Waals surface area contributed by atoms with Crippen LogP contribution in [-0.4, -0.2) is 66.4 Å². The van der Waals surface area contributed by atoms with E-state index in [1.807, 2.05) is 30.3 Å². The summed E-state index contributed by atoms with van der Waals surface area (Å²) in [4.78, 5) is 20.6. The second kappa shape index (κ2) is 9.45. The van der Waals surface area contributed by atoms with Gasteiger partial charge in [0.1, 0.15) is 18.9 Å². The Balaban J connectivity index is 1.45. The summed E-state index contributed by atoms with van der Waals surface area (Å²) in [6.07, 6.45) is 3.57. The molecule has 2 heterocycles. The smallest absolute Gasteiger partial charge is 0.246 e. The molecule has 29 heavy (non-hydrogen) atoms. The lowest BCUT2D eigenvalue weighted by Crippen LogP contribution is -2.55. The quantitative estimate of drug-likeness (QED) is 0.457. The van der Waals surface area contributed by atoms with E-state index in [-0.39, 0.29) is 12.5 Å². The number of aromatic nitrogens is 2. The predicted molar refractivity (Wildman–Crippen MR) is 115 cm³/mol. The van der Waals surface area contributed by atoms with Crippen LogP contribution in [0.2, 0.25) is 0 Å². The number of benzene rings is 1. The third kappa shape index (κ3) is 5.28. The average Bonchev–Trinajstić information content (AvgIpc) is 3.14. The van der Waals surface area contributed by atoms with Gasteiger partial charge in [-0.3, -0.25) is 14.5 Å². The third-order valence-electron chi connectivity index (χ3n) is 4.94. The zero-order chi connectivity index (χ0) is 20.8. The highest BCUT2D eigenvalue weighted by Crippen LogP contribution is 2.18. The molecular formula is C21H30N6O2. The first-order valence-corrected chi connectivity index (χ1v) is 9.95. The number of hydrogen-bond acceptors (Lipinski definition) is 4. The van der Waals surface area contributed by atoms with E-state index < -0.39 is 0 Å². The van der Waals surface area contributed by atoms with Gasteiger partial charge in [0.05, 0.1) is 18.4 Å². The predicted octanol–water partition coefficient (Wildman–Crippen LogP) is 1.85. The molecule has 0 spiro atoms. The highest BCUT2D eigenvalue weighted by molar-refractivity contribution is 5.98. The number of guanidine groups is 1. The van der Waals surface area contributed by atoms with Crippen molar-refractivity contribution in [2.45, 2.75) is 19.8 Å². The number of rotatable bonds is 6. The lowest BCUT2D eigenvalue weighted by atomic mass is 10.0. The number of ether oxygens (including phenoxy) is 1. The minimum Gasteiger partial charge on any atom is -0.492 e. The largest absolute Gasteiger partial charge is 0.492 e. The molecule has 8 heteroatoms. The van der Waals surface area contributed by atoms with Gasteiger partial charge in [-0.2, -0.15) is 5.10 Å². The SMILES string of the molecule is CN=C(NCCOc1ccc(C(C)C)cc1)N1CCN(c2cnn(C)c2)C(=O)C1. The van der Waals surface area contributed by atoms with Crippen LogP contribution in [0.1, 0.15) is 25.3 Å². The first-order valence-electron chi connectivity index (χ1n) is 9.95. The molecule has 1 fully saturated rings. The minimum absolute atomic E-state index is 0.0358. The molecule has 3 rings (SSSR count). The molecule has 0 bridgehead atoms. The van der Waals surface area contributed by atoms with Gasteiger partial charge >= 0.3 is 0 Å². The lowest BCUT2D eigenvalue weighted by molar-refractivity contribution is -0.120. The maximum Gasteiger partial charge on any atom is 0.246 e. The van der Waals surface area contributed by atoms with Gasteiger partial charge in [0, 0.05) is 33.4 Å². The van der Waals surface area contributed by atoms with E-state index in [0.29, 0.717) is 38.1 Å². The van der Waals surface area contributed by atoms with E-state index in [0.717, 1.165) is 11.4 Å². The van der Waals surface area contributed by atoms with E-state index in [1.165, 1.54) is 5.56 Å². The molecule has 1 N–H and O–H groups in total. The molecule has 0 radical (unpaired) electrons. The molecule has 8 nitrogen and oxygen atoms in total. The fraction of sp³-hybridized carbons (Fsp3) is 0.476. The van der Waals surface area contributed by atoms with Crippen molar-refractivity contribution in [1.82, 2.24) is 20.0 Å². The second-order valence-corrected chi connectivity index (χ2v) is 7.39. The van der Waals surface area contributed by atoms with E-state index >= 15 is 0 Å². The average molecular weight is 399 g/mol. The van der Waals surface area contributed by atoms with Crippen molar-refractivity contribution < 1.29 is 9.53 Å². The second-order valence-electron chi connectivity index (χ2n) is 7.39. The van der Waals surface area contributed by atoms with E-state index in [4.69, 9.17) is 4.74 Å². The summed E-state index contributed by atoms with van der Waals surface area (Å²) in [6.45, 7) is 7.06. The minimum atomic E-state index is 0.0358. The summed E-state index contributed by atoms with van der Waals surface area (Å²) in [6, 6.07) is 8.19. The Hall–Kier alpha value is -3.03. The number of aliphatic imine (C=N–C) groups is 1. The highest BCUT2D eigenvalue weighted by atomic mass is 16.5. The van der Waals surface area contributed by atoms with Gasteiger partial charge in [0.15, 0.2) is 5.96 Å². The van der Waals surface area contributed by atoms with Crippen LogP contribution >= 0.6 is 0 Å². The Morgan fingerprint density at radius 2 is 2.03 bits per heavy atom. The molecule has 1 aromatic carbocycles.